The number of hydrogen-bond donors (Lipinski definition) is 2. The standard InChI is InChI=1S/C55H82N8O5/c1-4-5-6-7-8-9-10-11-12-13-14-15-16-17-18-23-51(64)68-41-63-40-46-37-43(36-42(2)52(46)58-63)38-50(54(66)61-34-32-60(33-35-61)47-26-28-59(3)29-27-47)57-55(67)62-30-24-44(25-31-62)48-39-45-21-19-20-22-49(45)56-53(48)65/h19-22,36-37,39-40,44,47,50H,4-18,23-35,38,41H2,1-3H3,(H,56,65)(H,57,67)/t50-/m1/s1. The van der Waals surface area contributed by atoms with Gasteiger partial charge in [-0.25, -0.2) is 9.48 Å². The fraction of sp³-hybridized carbons (Fsp3) is 0.655. The molecule has 0 spiro atoms. The number of unbranched alkanes of at least 4 members (excludes halogenated alkanes) is 14. The summed E-state index contributed by atoms with van der Waals surface area (Å²) >= 11 is 0. The number of fused-ring (bicyclic) bond motifs is 2. The predicted octanol–water partition coefficient (Wildman–Crippen LogP) is 9.69. The van der Waals surface area contributed by atoms with Gasteiger partial charge in [0, 0.05) is 80.8 Å². The van der Waals surface area contributed by atoms with Crippen LogP contribution in [0.5, 0.6) is 0 Å². The fourth-order valence-corrected chi connectivity index (χ4v) is 10.9. The normalized spacial score (nSPS) is 17.3. The van der Waals surface area contributed by atoms with E-state index < -0.39 is 6.04 Å². The number of rotatable bonds is 24. The van der Waals surface area contributed by atoms with E-state index >= 15 is 0 Å². The summed E-state index contributed by atoms with van der Waals surface area (Å²) in [6, 6.07) is 13.4. The lowest BCUT2D eigenvalue weighted by Crippen LogP contribution is -2.59. The van der Waals surface area contributed by atoms with Crippen LogP contribution in [0.4, 0.5) is 4.79 Å². The number of pyridine rings is 1. The molecule has 3 saturated heterocycles. The van der Waals surface area contributed by atoms with Crippen LogP contribution in [-0.2, 0) is 27.5 Å². The molecule has 5 heterocycles. The largest absolute Gasteiger partial charge is 0.442 e. The topological polar surface area (TPSA) is 136 Å². The van der Waals surface area contributed by atoms with Crippen molar-refractivity contribution in [3.8, 4) is 0 Å². The Morgan fingerprint density at radius 3 is 2.04 bits per heavy atom. The number of esters is 1. The molecule has 2 aromatic carbocycles. The van der Waals surface area contributed by atoms with Crippen molar-refractivity contribution in [2.45, 2.75) is 173 Å². The van der Waals surface area contributed by atoms with Gasteiger partial charge in [-0.1, -0.05) is 121 Å². The number of carbonyl (C=O) groups is 3. The molecule has 372 valence electrons. The molecule has 4 aromatic rings. The molecular formula is C55H82N8O5. The number of nitrogens with one attached hydrogen (secondary N) is 2. The lowest BCUT2D eigenvalue weighted by Gasteiger charge is -2.43. The molecule has 3 aliphatic heterocycles. The van der Waals surface area contributed by atoms with Crippen molar-refractivity contribution >= 4 is 39.7 Å². The molecule has 0 radical (unpaired) electrons. The second kappa shape index (κ2) is 26.3. The lowest BCUT2D eigenvalue weighted by atomic mass is 9.89. The molecule has 0 unspecified atom stereocenters. The number of piperidine rings is 2. The van der Waals surface area contributed by atoms with Crippen LogP contribution in [-0.4, -0.2) is 124 Å². The van der Waals surface area contributed by atoms with Crippen molar-refractivity contribution in [1.82, 2.24) is 39.7 Å². The highest BCUT2D eigenvalue weighted by molar-refractivity contribution is 5.88. The molecule has 7 rings (SSSR count). The zero-order valence-electron chi connectivity index (χ0n) is 41.8. The van der Waals surface area contributed by atoms with Gasteiger partial charge in [0.15, 0.2) is 6.73 Å². The Morgan fingerprint density at radius 2 is 1.38 bits per heavy atom. The molecule has 3 amide bonds. The molecule has 2 N–H and O–H groups in total. The van der Waals surface area contributed by atoms with Crippen LogP contribution < -0.4 is 10.9 Å². The van der Waals surface area contributed by atoms with Gasteiger partial charge in [0.25, 0.3) is 5.56 Å². The summed E-state index contributed by atoms with van der Waals surface area (Å²) in [4.78, 5) is 66.1. The summed E-state index contributed by atoms with van der Waals surface area (Å²) in [5.74, 6) is -0.218. The number of H-pyrrole nitrogens is 1. The van der Waals surface area contributed by atoms with Crippen LogP contribution >= 0.6 is 0 Å². The van der Waals surface area contributed by atoms with Gasteiger partial charge in [0.1, 0.15) is 6.04 Å². The lowest BCUT2D eigenvalue weighted by molar-refractivity contribution is -0.148. The number of aromatic amines is 1. The quantitative estimate of drug-likeness (QED) is 0.0524. The van der Waals surface area contributed by atoms with Gasteiger partial charge in [-0.2, -0.15) is 5.10 Å². The SMILES string of the molecule is CCCCCCCCCCCCCCCCCC(=O)OCn1cc2cc(C[C@@H](NC(=O)N3CCC(c4cc5ccccc5[nH]c4=O)CC3)C(=O)N3CCN(C4CCN(C)CC4)CC3)cc(C)c2n1. The van der Waals surface area contributed by atoms with Crippen molar-refractivity contribution in [1.29, 1.82) is 0 Å². The number of aryl methyl sites for hydroxylation is 1. The van der Waals surface area contributed by atoms with Gasteiger partial charge in [-0.3, -0.25) is 19.3 Å². The Balaban J connectivity index is 0.897. The van der Waals surface area contributed by atoms with Gasteiger partial charge >= 0.3 is 12.0 Å². The highest BCUT2D eigenvalue weighted by Gasteiger charge is 2.34. The van der Waals surface area contributed by atoms with Crippen molar-refractivity contribution in [3.63, 3.8) is 0 Å². The van der Waals surface area contributed by atoms with Gasteiger partial charge in [-0.05, 0) is 99.8 Å². The van der Waals surface area contributed by atoms with E-state index in [1.807, 2.05) is 54.4 Å². The molecule has 3 aliphatic rings. The average Bonchev–Trinajstić information content (AvgIpc) is 3.78. The first kappa shape index (κ1) is 51.1. The van der Waals surface area contributed by atoms with E-state index in [1.54, 1.807) is 9.58 Å². The molecule has 2 aromatic heterocycles. The number of hydrogen-bond acceptors (Lipinski definition) is 8. The maximum atomic E-state index is 14.5. The fourth-order valence-electron chi connectivity index (χ4n) is 10.9. The summed E-state index contributed by atoms with van der Waals surface area (Å²) in [7, 11) is 2.18. The molecular weight excluding hydrogens is 853 g/mol. The van der Waals surface area contributed by atoms with E-state index in [2.05, 4.69) is 40.1 Å². The Labute approximate surface area is 405 Å². The van der Waals surface area contributed by atoms with Crippen molar-refractivity contribution in [2.24, 2.45) is 0 Å². The van der Waals surface area contributed by atoms with Gasteiger partial charge in [0.2, 0.25) is 5.91 Å². The third-order valence-electron chi connectivity index (χ3n) is 15.1. The van der Waals surface area contributed by atoms with Gasteiger partial charge in [-0.15, -0.1) is 0 Å². The highest BCUT2D eigenvalue weighted by atomic mass is 16.5. The van der Waals surface area contributed by atoms with E-state index in [0.717, 1.165) is 96.8 Å². The number of carbonyl (C=O) groups excluding carboxylic acids is 3. The minimum atomic E-state index is -0.758. The second-order valence-corrected chi connectivity index (χ2v) is 20.4. The van der Waals surface area contributed by atoms with E-state index in [0.29, 0.717) is 57.9 Å². The zero-order chi connectivity index (χ0) is 47.7. The third kappa shape index (κ3) is 14.9. The summed E-state index contributed by atoms with van der Waals surface area (Å²) in [6.07, 6.45) is 25.6. The zero-order valence-corrected chi connectivity index (χ0v) is 41.8. The number of amides is 3. The second-order valence-electron chi connectivity index (χ2n) is 20.4. The summed E-state index contributed by atoms with van der Waals surface area (Å²) in [5.41, 5.74) is 4.21. The van der Waals surface area contributed by atoms with Crippen molar-refractivity contribution < 1.29 is 19.1 Å². The number of aromatic nitrogens is 3. The van der Waals surface area contributed by atoms with Gasteiger partial charge in [0.05, 0.1) is 5.52 Å². The molecule has 13 nitrogen and oxygen atoms in total. The number of benzene rings is 2. The van der Waals surface area contributed by atoms with Crippen LogP contribution in [0.3, 0.4) is 0 Å². The monoisotopic (exact) mass is 935 g/mol. The number of likely N-dealkylation sites (tertiary alicyclic amines) is 2. The average molecular weight is 935 g/mol. The van der Waals surface area contributed by atoms with Crippen molar-refractivity contribution in [3.05, 3.63) is 75.7 Å². The number of piperazine rings is 1. The molecule has 0 aliphatic carbocycles. The summed E-state index contributed by atoms with van der Waals surface area (Å²) in [5, 5.41) is 9.84. The van der Waals surface area contributed by atoms with Crippen LogP contribution in [0, 0.1) is 6.92 Å². The minimum absolute atomic E-state index is 0.0450. The Morgan fingerprint density at radius 1 is 0.750 bits per heavy atom. The van der Waals surface area contributed by atoms with Crippen LogP contribution in [0.2, 0.25) is 0 Å². The first-order chi connectivity index (χ1) is 33.1. The molecule has 1 atom stereocenters. The summed E-state index contributed by atoms with van der Waals surface area (Å²) < 4.78 is 7.33. The van der Waals surface area contributed by atoms with E-state index in [9.17, 15) is 19.2 Å². The molecule has 0 bridgehead atoms. The van der Waals surface area contributed by atoms with E-state index in [1.165, 1.54) is 77.0 Å². The van der Waals surface area contributed by atoms with Crippen LogP contribution in [0.25, 0.3) is 21.8 Å². The minimum Gasteiger partial charge on any atom is -0.442 e. The molecule has 13 heteroatoms. The first-order valence-corrected chi connectivity index (χ1v) is 26.7. The number of urea groups is 1. The van der Waals surface area contributed by atoms with Gasteiger partial charge < -0.3 is 29.7 Å². The Bertz CT molecular complexity index is 2270. The predicted molar refractivity (Wildman–Crippen MR) is 273 cm³/mol. The number of ether oxygens (including phenoxy) is 1. The Kier molecular flexibility index (Phi) is 19.8. The number of para-hydroxylation sites is 1. The smallest absolute Gasteiger partial charge is 0.318 e. The third-order valence-corrected chi connectivity index (χ3v) is 15.1. The molecule has 0 saturated carbocycles. The van der Waals surface area contributed by atoms with Crippen LogP contribution in [0.1, 0.15) is 158 Å². The maximum absolute atomic E-state index is 14.5. The Hall–Kier alpha value is -4.75. The molecule has 68 heavy (non-hydrogen) atoms. The molecule has 3 fully saturated rings. The maximum Gasteiger partial charge on any atom is 0.318 e. The highest BCUT2D eigenvalue weighted by Crippen LogP contribution is 2.28. The summed E-state index contributed by atoms with van der Waals surface area (Å²) in [6.45, 7) is 10.4. The van der Waals surface area contributed by atoms with Crippen molar-refractivity contribution in [2.75, 3.05) is 59.4 Å². The first-order valence-electron chi connectivity index (χ1n) is 26.7. The van der Waals surface area contributed by atoms with E-state index in [4.69, 9.17) is 9.84 Å². The van der Waals surface area contributed by atoms with Crippen LogP contribution in [0.15, 0.2) is 53.5 Å². The van der Waals surface area contributed by atoms with E-state index in [-0.39, 0.29) is 36.1 Å². The number of nitrogens with zero attached hydrogens (tertiary/aromatic N) is 6.